The van der Waals surface area contributed by atoms with Crippen LogP contribution in [0, 0.1) is 6.92 Å². The number of aromatic nitrogens is 4. The van der Waals surface area contributed by atoms with Crippen LogP contribution in [0.3, 0.4) is 0 Å². The van der Waals surface area contributed by atoms with Crippen molar-refractivity contribution in [3.05, 3.63) is 63.7 Å². The second-order valence-electron chi connectivity index (χ2n) is 13.9. The van der Waals surface area contributed by atoms with Gasteiger partial charge in [0.1, 0.15) is 5.60 Å². The van der Waals surface area contributed by atoms with Crippen LogP contribution < -0.4 is 9.80 Å². The fourth-order valence-corrected chi connectivity index (χ4v) is 6.69. The molecule has 18 heteroatoms. The molecule has 9 nitrogen and oxygen atoms in total. The molecule has 1 aromatic heterocycles. The molecule has 1 saturated heterocycles. The minimum absolute atomic E-state index is 0.0266. The van der Waals surface area contributed by atoms with Gasteiger partial charge in [0.05, 0.1) is 35.8 Å². The number of aryl methyl sites for hydroxylation is 2. The van der Waals surface area contributed by atoms with Crippen LogP contribution in [0.25, 0.3) is 0 Å². The number of hydrogen-bond donors (Lipinski definition) is 0. The number of rotatable bonds is 6. The van der Waals surface area contributed by atoms with Crippen LogP contribution >= 0.6 is 0 Å². The number of ether oxygens (including phenoxy) is 1. The van der Waals surface area contributed by atoms with Gasteiger partial charge in [-0.05, 0) is 99.5 Å². The van der Waals surface area contributed by atoms with E-state index in [4.69, 9.17) is 4.74 Å². The quantitative estimate of drug-likeness (QED) is 0.236. The van der Waals surface area contributed by atoms with Crippen molar-refractivity contribution in [2.75, 3.05) is 29.4 Å². The van der Waals surface area contributed by atoms with Gasteiger partial charge in [-0.25, -0.2) is 4.79 Å². The molecule has 5 rings (SSSR count). The molecule has 2 aliphatic rings. The normalized spacial score (nSPS) is 18.9. The van der Waals surface area contributed by atoms with Gasteiger partial charge >= 0.3 is 24.6 Å². The molecule has 1 fully saturated rings. The summed E-state index contributed by atoms with van der Waals surface area (Å²) in [7, 11) is 1.42. The SMILES string of the molecule is Cc1cc2c(cc1C(F)(F)F)N(CC1CCCN1C(=O)OC(C)(C)C)CCCC2N(Cc1cc(C(F)(F)F)cc(C(F)(F)F)c1)c1nnn(C)n1. The summed E-state index contributed by atoms with van der Waals surface area (Å²) in [6.07, 6.45) is -13.7. The lowest BCUT2D eigenvalue weighted by Gasteiger charge is -2.35. The number of carbonyl (C=O) groups excluding carboxylic acids is 1. The number of likely N-dealkylation sites (tertiary alicyclic amines) is 1. The smallest absolute Gasteiger partial charge is 0.416 e. The Balaban J connectivity index is 1.61. The molecule has 0 radical (unpaired) electrons. The zero-order valence-electron chi connectivity index (χ0n) is 28.5. The van der Waals surface area contributed by atoms with Gasteiger partial charge in [0.25, 0.3) is 5.95 Å². The van der Waals surface area contributed by atoms with E-state index in [0.717, 1.165) is 10.9 Å². The molecule has 0 spiro atoms. The molecule has 2 unspecified atom stereocenters. The van der Waals surface area contributed by atoms with E-state index in [1.54, 1.807) is 30.6 Å². The average Bonchev–Trinajstić information content (AvgIpc) is 3.60. The first-order chi connectivity index (χ1) is 23.5. The van der Waals surface area contributed by atoms with Crippen molar-refractivity contribution < 1.29 is 49.0 Å². The van der Waals surface area contributed by atoms with E-state index in [1.165, 1.54) is 24.9 Å². The largest absolute Gasteiger partial charge is 0.444 e. The first kappa shape index (κ1) is 38.0. The van der Waals surface area contributed by atoms with Crippen LogP contribution in [0.5, 0.6) is 0 Å². The van der Waals surface area contributed by atoms with Gasteiger partial charge < -0.3 is 19.4 Å². The third-order valence-electron chi connectivity index (χ3n) is 8.85. The summed E-state index contributed by atoms with van der Waals surface area (Å²) in [5.41, 5.74) is -4.68. The van der Waals surface area contributed by atoms with E-state index in [1.807, 2.05) is 0 Å². The number of anilines is 2. The van der Waals surface area contributed by atoms with Crippen LogP contribution in [-0.4, -0.2) is 62.5 Å². The molecular weight excluding hydrogens is 697 g/mol. The second kappa shape index (κ2) is 13.7. The molecule has 0 aliphatic carbocycles. The molecule has 3 heterocycles. The fraction of sp³-hybridized carbons (Fsp3) is 0.576. The number of nitrogens with zero attached hydrogens (tertiary/aromatic N) is 7. The maximum atomic E-state index is 14.3. The number of alkyl halides is 9. The van der Waals surface area contributed by atoms with Gasteiger partial charge in [0, 0.05) is 31.9 Å². The van der Waals surface area contributed by atoms with Crippen molar-refractivity contribution in [2.24, 2.45) is 7.05 Å². The van der Waals surface area contributed by atoms with Crippen LogP contribution in [0.2, 0.25) is 0 Å². The first-order valence-corrected chi connectivity index (χ1v) is 16.3. The lowest BCUT2D eigenvalue weighted by atomic mass is 9.94. The third kappa shape index (κ3) is 8.80. The molecule has 1 amide bonds. The van der Waals surface area contributed by atoms with Gasteiger partial charge in [-0.2, -0.15) is 44.3 Å². The Hall–Kier alpha value is -4.25. The van der Waals surface area contributed by atoms with Crippen molar-refractivity contribution >= 4 is 17.7 Å². The van der Waals surface area contributed by atoms with E-state index in [-0.39, 0.29) is 48.3 Å². The number of amides is 1. The summed E-state index contributed by atoms with van der Waals surface area (Å²) in [5.74, 6) is -0.141. The zero-order chi connectivity index (χ0) is 37.7. The first-order valence-electron chi connectivity index (χ1n) is 16.3. The van der Waals surface area contributed by atoms with Crippen molar-refractivity contribution in [1.82, 2.24) is 25.1 Å². The summed E-state index contributed by atoms with van der Waals surface area (Å²) in [4.78, 5) is 18.8. The Kier molecular flexibility index (Phi) is 10.2. The Morgan fingerprint density at radius 1 is 0.882 bits per heavy atom. The average molecular weight is 736 g/mol. The minimum Gasteiger partial charge on any atom is -0.444 e. The van der Waals surface area contributed by atoms with Gasteiger partial charge in [0.15, 0.2) is 0 Å². The standard InChI is InChI=1S/C33H38F9N7O2/c1-19-12-24-26(49(28-43-45-46(5)44-28)17-20-13-21(31(34,35)36)15-22(14-20)32(37,38)39)9-7-10-47(27(24)16-25(19)33(40,41)42)18-23-8-6-11-48(23)29(50)51-30(2,3)4/h12-16,23,26H,6-11,17-18H2,1-5H3. The lowest BCUT2D eigenvalue weighted by Crippen LogP contribution is -2.45. The zero-order valence-corrected chi connectivity index (χ0v) is 28.5. The Morgan fingerprint density at radius 3 is 2.06 bits per heavy atom. The topological polar surface area (TPSA) is 79.6 Å². The highest BCUT2D eigenvalue weighted by Gasteiger charge is 2.41. The van der Waals surface area contributed by atoms with E-state index in [0.29, 0.717) is 43.5 Å². The highest BCUT2D eigenvalue weighted by Crippen LogP contribution is 2.44. The van der Waals surface area contributed by atoms with Crippen molar-refractivity contribution in [3.8, 4) is 0 Å². The number of benzene rings is 2. The predicted molar refractivity (Wildman–Crippen MR) is 168 cm³/mol. The summed E-state index contributed by atoms with van der Waals surface area (Å²) in [5, 5.41) is 12.0. The van der Waals surface area contributed by atoms with E-state index >= 15 is 0 Å². The highest BCUT2D eigenvalue weighted by molar-refractivity contribution is 5.69. The highest BCUT2D eigenvalue weighted by atomic mass is 19.4. The predicted octanol–water partition coefficient (Wildman–Crippen LogP) is 8.32. The third-order valence-corrected chi connectivity index (χ3v) is 8.85. The van der Waals surface area contributed by atoms with E-state index < -0.39 is 65.5 Å². The molecule has 280 valence electrons. The van der Waals surface area contributed by atoms with Gasteiger partial charge in [0.2, 0.25) is 0 Å². The van der Waals surface area contributed by atoms with Crippen molar-refractivity contribution in [1.29, 1.82) is 0 Å². The molecule has 2 aromatic carbocycles. The van der Waals surface area contributed by atoms with Crippen molar-refractivity contribution in [3.63, 3.8) is 0 Å². The number of carbonyl (C=O) groups is 1. The Labute approximate surface area is 288 Å². The molecule has 0 saturated carbocycles. The Bertz CT molecular complexity index is 1700. The van der Waals surface area contributed by atoms with Crippen molar-refractivity contribution in [2.45, 2.75) is 96.1 Å². The number of hydrogen-bond acceptors (Lipinski definition) is 7. The summed E-state index contributed by atoms with van der Waals surface area (Å²) in [6, 6.07) is 2.30. The molecule has 3 aromatic rings. The summed E-state index contributed by atoms with van der Waals surface area (Å²) in [6.45, 7) is 6.70. The number of fused-ring (bicyclic) bond motifs is 1. The molecular formula is C33H38F9N7O2. The maximum Gasteiger partial charge on any atom is 0.416 e. The molecule has 2 atom stereocenters. The minimum atomic E-state index is -5.10. The van der Waals surface area contributed by atoms with Gasteiger partial charge in [-0.1, -0.05) is 11.2 Å². The molecule has 2 aliphatic heterocycles. The molecule has 0 N–H and O–H groups in total. The number of halogens is 9. The Morgan fingerprint density at radius 2 is 1.51 bits per heavy atom. The maximum absolute atomic E-state index is 14.3. The molecule has 51 heavy (non-hydrogen) atoms. The van der Waals surface area contributed by atoms with Gasteiger partial charge in [-0.15, -0.1) is 5.10 Å². The lowest BCUT2D eigenvalue weighted by molar-refractivity contribution is -0.143. The van der Waals surface area contributed by atoms with Crippen LogP contribution in [0.15, 0.2) is 30.3 Å². The van der Waals surface area contributed by atoms with E-state index in [9.17, 15) is 44.3 Å². The number of tetrazole rings is 1. The van der Waals surface area contributed by atoms with Crippen LogP contribution in [0.1, 0.15) is 85.9 Å². The monoisotopic (exact) mass is 735 g/mol. The fourth-order valence-electron chi connectivity index (χ4n) is 6.69. The van der Waals surface area contributed by atoms with Crippen LogP contribution in [-0.2, 0) is 36.9 Å². The van der Waals surface area contributed by atoms with Gasteiger partial charge in [-0.3, -0.25) is 0 Å². The molecule has 0 bridgehead atoms. The second-order valence-corrected chi connectivity index (χ2v) is 13.9. The van der Waals surface area contributed by atoms with Crippen LogP contribution in [0.4, 0.5) is 55.9 Å². The summed E-state index contributed by atoms with van der Waals surface area (Å²) < 4.78 is 131. The summed E-state index contributed by atoms with van der Waals surface area (Å²) >= 11 is 0. The van der Waals surface area contributed by atoms with E-state index in [2.05, 4.69) is 15.4 Å².